The van der Waals surface area contributed by atoms with Gasteiger partial charge < -0.3 is 19.3 Å². The molecule has 0 unspecified atom stereocenters. The van der Waals surface area contributed by atoms with Gasteiger partial charge in [0, 0.05) is 18.4 Å². The number of nitrogens with zero attached hydrogens (tertiary/aromatic N) is 3. The molecular weight excluding hydrogens is 478 g/mol. The van der Waals surface area contributed by atoms with Gasteiger partial charge in [-0.1, -0.05) is 11.3 Å². The molecule has 0 atom stereocenters. The van der Waals surface area contributed by atoms with E-state index in [0.717, 1.165) is 5.69 Å². The summed E-state index contributed by atoms with van der Waals surface area (Å²) in [6, 6.07) is 5.14. The molecule has 34 heavy (non-hydrogen) atoms. The van der Waals surface area contributed by atoms with Gasteiger partial charge in [-0.15, -0.1) is 0 Å². The van der Waals surface area contributed by atoms with Crippen molar-refractivity contribution in [2.45, 2.75) is 68.0 Å². The van der Waals surface area contributed by atoms with Crippen LogP contribution in [0, 0.1) is 6.92 Å². The first-order valence-electron chi connectivity index (χ1n) is 11.3. The molecule has 0 bridgehead atoms. The predicted molar refractivity (Wildman–Crippen MR) is 127 cm³/mol. The van der Waals surface area contributed by atoms with E-state index in [1.54, 1.807) is 30.5 Å². The highest BCUT2D eigenvalue weighted by Gasteiger charge is 2.44. The van der Waals surface area contributed by atoms with Crippen molar-refractivity contribution in [3.8, 4) is 17.0 Å². The molecule has 11 heteroatoms. The first-order chi connectivity index (χ1) is 16.0. The summed E-state index contributed by atoms with van der Waals surface area (Å²) >= 11 is 1.31. The zero-order valence-electron chi connectivity index (χ0n) is 19.7. The molecule has 2 aliphatic rings. The molecule has 3 aromatic rings. The predicted octanol–water partition coefficient (Wildman–Crippen LogP) is 3.46. The van der Waals surface area contributed by atoms with Gasteiger partial charge in [0.2, 0.25) is 4.96 Å². The van der Waals surface area contributed by atoms with Gasteiger partial charge in [-0.05, 0) is 51.8 Å². The largest absolute Gasteiger partial charge is 0.495 e. The number of benzene rings is 1. The molecule has 2 fully saturated rings. The lowest BCUT2D eigenvalue weighted by Gasteiger charge is -2.35. The van der Waals surface area contributed by atoms with Gasteiger partial charge in [-0.25, -0.2) is 17.9 Å². The molecule has 1 aliphatic heterocycles. The Morgan fingerprint density at radius 2 is 1.91 bits per heavy atom. The van der Waals surface area contributed by atoms with Crippen LogP contribution >= 0.6 is 11.3 Å². The Hall–Kier alpha value is -2.05. The van der Waals surface area contributed by atoms with Gasteiger partial charge >= 0.3 is 0 Å². The molecular formula is C23H29N3O6S2. The second kappa shape index (κ2) is 8.27. The van der Waals surface area contributed by atoms with E-state index in [9.17, 15) is 13.5 Å². The standard InChI is InChI=1S/C23H29N3O6S2/c1-14-19(26-21(24-14)33-20(25-26)22(2,3)27)15-5-6-17(30-4)18(13-15)34(28,29)16-7-9-23(10-8-16)31-11-12-32-23/h5-6,13,16,27H,7-12H2,1-4H3. The summed E-state index contributed by atoms with van der Waals surface area (Å²) in [5.74, 6) is -0.313. The van der Waals surface area contributed by atoms with Gasteiger partial charge in [0.25, 0.3) is 0 Å². The van der Waals surface area contributed by atoms with Gasteiger partial charge in [-0.2, -0.15) is 5.10 Å². The summed E-state index contributed by atoms with van der Waals surface area (Å²) in [5, 5.41) is 14.9. The molecule has 1 aromatic carbocycles. The van der Waals surface area contributed by atoms with Crippen LogP contribution in [0.25, 0.3) is 16.2 Å². The van der Waals surface area contributed by atoms with Gasteiger partial charge in [0.15, 0.2) is 15.6 Å². The Kier molecular flexibility index (Phi) is 5.76. The number of aliphatic hydroxyl groups is 1. The number of hydrogen-bond donors (Lipinski definition) is 1. The van der Waals surface area contributed by atoms with Crippen LogP contribution in [0.4, 0.5) is 0 Å². The fourth-order valence-electron chi connectivity index (χ4n) is 4.78. The number of methoxy groups -OCH3 is 1. The van der Waals surface area contributed by atoms with E-state index in [1.807, 2.05) is 13.0 Å². The third-order valence-corrected chi connectivity index (χ3v) is 10.1. The Morgan fingerprint density at radius 3 is 2.53 bits per heavy atom. The minimum atomic E-state index is -3.67. The molecule has 184 valence electrons. The Morgan fingerprint density at radius 1 is 1.24 bits per heavy atom. The van der Waals surface area contributed by atoms with Crippen molar-refractivity contribution in [2.24, 2.45) is 0 Å². The molecule has 3 heterocycles. The Labute approximate surface area is 202 Å². The smallest absolute Gasteiger partial charge is 0.213 e. The number of rotatable bonds is 5. The third kappa shape index (κ3) is 3.93. The normalized spacial score (nSPS) is 19.3. The number of hydrogen-bond acceptors (Lipinski definition) is 9. The summed E-state index contributed by atoms with van der Waals surface area (Å²) in [5.41, 5.74) is 0.989. The number of sulfone groups is 1. The highest BCUT2D eigenvalue weighted by Crippen LogP contribution is 2.42. The van der Waals surface area contributed by atoms with Gasteiger partial charge in [0.1, 0.15) is 21.3 Å². The zero-order chi connectivity index (χ0) is 24.3. The van der Waals surface area contributed by atoms with E-state index < -0.39 is 26.5 Å². The highest BCUT2D eigenvalue weighted by molar-refractivity contribution is 7.92. The first kappa shape index (κ1) is 23.7. The monoisotopic (exact) mass is 507 g/mol. The van der Waals surface area contributed by atoms with E-state index in [0.29, 0.717) is 65.9 Å². The maximum absolute atomic E-state index is 13.7. The average Bonchev–Trinajstić information content (AvgIpc) is 3.48. The summed E-state index contributed by atoms with van der Waals surface area (Å²) in [6.45, 7) is 6.31. The van der Waals surface area contributed by atoms with Gasteiger partial charge in [-0.3, -0.25) is 0 Å². The molecule has 2 aromatic heterocycles. The van der Waals surface area contributed by atoms with Crippen LogP contribution in [0.5, 0.6) is 5.75 Å². The van der Waals surface area contributed by atoms with Crippen molar-refractivity contribution in [3.63, 3.8) is 0 Å². The minimum Gasteiger partial charge on any atom is -0.495 e. The lowest BCUT2D eigenvalue weighted by atomic mass is 9.94. The van der Waals surface area contributed by atoms with Crippen molar-refractivity contribution >= 4 is 26.1 Å². The molecule has 1 N–H and O–H groups in total. The SMILES string of the molecule is COc1ccc(-c2c(C)nc3sc(C(C)(C)O)nn23)cc1S(=O)(=O)C1CCC2(CC1)OCCO2. The quantitative estimate of drug-likeness (QED) is 0.559. The number of aromatic nitrogens is 3. The van der Waals surface area contributed by atoms with E-state index in [4.69, 9.17) is 14.2 Å². The highest BCUT2D eigenvalue weighted by atomic mass is 32.2. The molecule has 0 amide bonds. The zero-order valence-corrected chi connectivity index (χ0v) is 21.3. The van der Waals surface area contributed by atoms with Crippen LogP contribution in [-0.4, -0.2) is 59.5 Å². The fraction of sp³-hybridized carbons (Fsp3) is 0.565. The average molecular weight is 508 g/mol. The van der Waals surface area contributed by atoms with Crippen molar-refractivity contribution in [3.05, 3.63) is 28.9 Å². The van der Waals surface area contributed by atoms with Crippen LogP contribution in [0.1, 0.15) is 50.2 Å². The van der Waals surface area contributed by atoms with Crippen LogP contribution in [0.2, 0.25) is 0 Å². The maximum Gasteiger partial charge on any atom is 0.213 e. The number of fused-ring (bicyclic) bond motifs is 1. The number of imidazole rings is 1. The van der Waals surface area contributed by atoms with Crippen LogP contribution < -0.4 is 4.74 Å². The fourth-order valence-corrected chi connectivity index (χ4v) is 7.67. The molecule has 1 saturated heterocycles. The third-order valence-electron chi connectivity index (χ3n) is 6.59. The van der Waals surface area contributed by atoms with E-state index in [1.165, 1.54) is 18.4 Å². The summed E-state index contributed by atoms with van der Waals surface area (Å²) in [6.07, 6.45) is 2.04. The van der Waals surface area contributed by atoms with E-state index in [-0.39, 0.29) is 4.90 Å². The number of ether oxygens (including phenoxy) is 3. The molecule has 5 rings (SSSR count). The second-order valence-corrected chi connectivity index (χ2v) is 12.6. The first-order valence-corrected chi connectivity index (χ1v) is 13.7. The topological polar surface area (TPSA) is 112 Å². The van der Waals surface area contributed by atoms with Crippen molar-refractivity contribution in [1.82, 2.24) is 14.6 Å². The van der Waals surface area contributed by atoms with E-state index >= 15 is 0 Å². The molecule has 9 nitrogen and oxygen atoms in total. The van der Waals surface area contributed by atoms with Crippen molar-refractivity contribution in [1.29, 1.82) is 0 Å². The number of aryl methyl sites for hydroxylation is 1. The Bertz CT molecular complexity index is 1320. The molecule has 1 aliphatic carbocycles. The van der Waals surface area contributed by atoms with Crippen LogP contribution in [0.3, 0.4) is 0 Å². The van der Waals surface area contributed by atoms with Crippen LogP contribution in [-0.2, 0) is 24.9 Å². The van der Waals surface area contributed by atoms with Crippen molar-refractivity contribution in [2.75, 3.05) is 20.3 Å². The van der Waals surface area contributed by atoms with E-state index in [2.05, 4.69) is 10.1 Å². The maximum atomic E-state index is 13.7. The summed E-state index contributed by atoms with van der Waals surface area (Å²) < 4.78 is 46.2. The molecule has 1 saturated carbocycles. The summed E-state index contributed by atoms with van der Waals surface area (Å²) in [4.78, 5) is 5.39. The Balaban J connectivity index is 1.54. The summed E-state index contributed by atoms with van der Waals surface area (Å²) in [7, 11) is -2.20. The molecule has 1 spiro atoms. The lowest BCUT2D eigenvalue weighted by Crippen LogP contribution is -2.39. The second-order valence-electron chi connectivity index (χ2n) is 9.42. The van der Waals surface area contributed by atoms with Crippen LogP contribution in [0.15, 0.2) is 23.1 Å². The van der Waals surface area contributed by atoms with Crippen molar-refractivity contribution < 1.29 is 27.7 Å². The lowest BCUT2D eigenvalue weighted by molar-refractivity contribution is -0.176. The van der Waals surface area contributed by atoms with Gasteiger partial charge in [0.05, 0.1) is 37.0 Å². The molecule has 0 radical (unpaired) electrons. The minimum absolute atomic E-state index is 0.161.